The van der Waals surface area contributed by atoms with Crippen molar-refractivity contribution < 1.29 is 23.7 Å². The van der Waals surface area contributed by atoms with Crippen molar-refractivity contribution in [2.45, 2.75) is 0 Å². The van der Waals surface area contributed by atoms with Crippen molar-refractivity contribution in [3.8, 4) is 10.4 Å². The number of benzene rings is 2. The number of esters is 1. The molecule has 0 bridgehead atoms. The lowest BCUT2D eigenvalue weighted by Gasteiger charge is -2.06. The Morgan fingerprint density at radius 1 is 1.09 bits per heavy atom. The van der Waals surface area contributed by atoms with Crippen LogP contribution < -0.4 is 10.9 Å². The lowest BCUT2D eigenvalue weighted by molar-refractivity contribution is -0.384. The maximum Gasteiger partial charge on any atom is 0.340 e. The summed E-state index contributed by atoms with van der Waals surface area (Å²) >= 11 is 1.18. The Morgan fingerprint density at radius 3 is 2.53 bits per heavy atom. The molecule has 160 valence electrons. The van der Waals surface area contributed by atoms with E-state index < -0.39 is 22.4 Å². The molecule has 4 rings (SSSR count). The molecule has 2 aromatic heterocycles. The van der Waals surface area contributed by atoms with Gasteiger partial charge in [-0.1, -0.05) is 30.3 Å². The number of nitro benzene ring substituents is 1. The van der Waals surface area contributed by atoms with Gasteiger partial charge in [0.1, 0.15) is 16.1 Å². The van der Waals surface area contributed by atoms with E-state index in [4.69, 9.17) is 14.6 Å². The molecule has 0 radical (unpaired) electrons. The zero-order chi connectivity index (χ0) is 22.8. The fraction of sp³-hybridized carbons (Fsp3) is 0.0455. The number of carbonyl (C=O) groups excluding carboxylic acids is 2. The number of anilines is 1. The number of rotatable bonds is 5. The average Bonchev–Trinajstić information content (AvgIpc) is 3.22. The van der Waals surface area contributed by atoms with E-state index >= 15 is 0 Å². The maximum atomic E-state index is 12.9. The third kappa shape index (κ3) is 3.98. The lowest BCUT2D eigenvalue weighted by Crippen LogP contribution is -2.21. The fourth-order valence-electron chi connectivity index (χ4n) is 3.07. The van der Waals surface area contributed by atoms with Crippen LogP contribution in [0.25, 0.3) is 21.4 Å². The molecule has 0 aliphatic heterocycles. The van der Waals surface area contributed by atoms with Gasteiger partial charge in [-0.05, 0) is 23.8 Å². The van der Waals surface area contributed by atoms with E-state index in [0.29, 0.717) is 5.39 Å². The van der Waals surface area contributed by atoms with Crippen molar-refractivity contribution in [1.29, 1.82) is 5.41 Å². The van der Waals surface area contributed by atoms with Gasteiger partial charge >= 0.3 is 5.97 Å². The first-order chi connectivity index (χ1) is 15.4. The van der Waals surface area contributed by atoms with Gasteiger partial charge in [0.25, 0.3) is 11.6 Å². The predicted octanol–water partition coefficient (Wildman–Crippen LogP) is 4.59. The van der Waals surface area contributed by atoms with Gasteiger partial charge < -0.3 is 14.5 Å². The van der Waals surface area contributed by atoms with Crippen LogP contribution in [0, 0.1) is 15.5 Å². The van der Waals surface area contributed by atoms with Crippen molar-refractivity contribution in [3.63, 3.8) is 0 Å². The van der Waals surface area contributed by atoms with Crippen molar-refractivity contribution in [2.24, 2.45) is 0 Å². The summed E-state index contributed by atoms with van der Waals surface area (Å²) < 4.78 is 10.2. The Labute approximate surface area is 184 Å². The number of methoxy groups -OCH3 is 1. The number of amides is 1. The number of carbonyl (C=O) groups is 2. The van der Waals surface area contributed by atoms with E-state index in [-0.39, 0.29) is 27.4 Å². The van der Waals surface area contributed by atoms with Gasteiger partial charge in [0.15, 0.2) is 0 Å². The summed E-state index contributed by atoms with van der Waals surface area (Å²) in [6.07, 6.45) is 0. The summed E-state index contributed by atoms with van der Waals surface area (Å²) in [5.74, 6) is -1.32. The molecule has 2 aromatic carbocycles. The highest BCUT2D eigenvalue weighted by molar-refractivity contribution is 7.20. The second-order valence-electron chi connectivity index (χ2n) is 6.63. The van der Waals surface area contributed by atoms with Gasteiger partial charge in [-0.15, -0.1) is 11.3 Å². The smallest absolute Gasteiger partial charge is 0.340 e. The minimum atomic E-state index is -0.696. The van der Waals surface area contributed by atoms with E-state index in [1.807, 2.05) is 30.3 Å². The van der Waals surface area contributed by atoms with Crippen LogP contribution in [-0.4, -0.2) is 23.9 Å². The molecule has 32 heavy (non-hydrogen) atoms. The molecule has 0 saturated carbocycles. The molecule has 0 unspecified atom stereocenters. The Balaban J connectivity index is 1.73. The molecule has 0 atom stereocenters. The molecule has 0 aliphatic rings. The van der Waals surface area contributed by atoms with Crippen LogP contribution in [0.4, 0.5) is 10.7 Å². The topological polar surface area (TPSA) is 136 Å². The predicted molar refractivity (Wildman–Crippen MR) is 118 cm³/mol. The third-order valence-electron chi connectivity index (χ3n) is 4.63. The molecular weight excluding hydrogens is 434 g/mol. The highest BCUT2D eigenvalue weighted by Gasteiger charge is 2.21. The van der Waals surface area contributed by atoms with Gasteiger partial charge in [-0.25, -0.2) is 4.79 Å². The molecule has 0 fully saturated rings. The van der Waals surface area contributed by atoms with E-state index in [1.165, 1.54) is 42.7 Å². The molecule has 9 nitrogen and oxygen atoms in total. The lowest BCUT2D eigenvalue weighted by atomic mass is 10.1. The number of ether oxygens (including phenoxy) is 1. The Bertz CT molecular complexity index is 1420. The van der Waals surface area contributed by atoms with Gasteiger partial charge in [0.05, 0.1) is 17.6 Å². The molecule has 10 heteroatoms. The van der Waals surface area contributed by atoms with Crippen LogP contribution >= 0.6 is 11.3 Å². The van der Waals surface area contributed by atoms with E-state index in [2.05, 4.69) is 5.32 Å². The molecule has 1 amide bonds. The van der Waals surface area contributed by atoms with Crippen LogP contribution in [0.15, 0.2) is 65.1 Å². The van der Waals surface area contributed by atoms with Crippen LogP contribution in [0.2, 0.25) is 0 Å². The molecule has 0 spiro atoms. The first kappa shape index (κ1) is 20.9. The average molecular weight is 449 g/mol. The van der Waals surface area contributed by atoms with Crippen LogP contribution in [0.3, 0.4) is 0 Å². The fourth-order valence-corrected chi connectivity index (χ4v) is 4.12. The minimum Gasteiger partial charge on any atom is -0.465 e. The summed E-state index contributed by atoms with van der Waals surface area (Å²) in [4.78, 5) is 36.4. The standard InChI is InChI=1S/C22H15N3O6S/c1-30-22(27)16-11-18(12-5-3-2-4-6-12)32-21(16)24-20(26)15-10-13-9-14(25(28)29)7-8-17(13)31-19(15)23/h2-11,23H,1H3,(H,24,26). The number of nitrogens with zero attached hydrogens (tertiary/aromatic N) is 1. The molecule has 4 aromatic rings. The van der Waals surface area contributed by atoms with Crippen molar-refractivity contribution >= 4 is 44.9 Å². The molecule has 0 saturated heterocycles. The quantitative estimate of drug-likeness (QED) is 0.260. The highest BCUT2D eigenvalue weighted by Crippen LogP contribution is 2.36. The summed E-state index contributed by atoms with van der Waals surface area (Å²) in [5.41, 5.74) is 0.541. The summed E-state index contributed by atoms with van der Waals surface area (Å²) in [5, 5.41) is 22.3. The van der Waals surface area contributed by atoms with Crippen LogP contribution in [0.1, 0.15) is 20.7 Å². The molecule has 2 N–H and O–H groups in total. The highest BCUT2D eigenvalue weighted by atomic mass is 32.1. The van der Waals surface area contributed by atoms with Crippen molar-refractivity contribution in [2.75, 3.05) is 12.4 Å². The largest absolute Gasteiger partial charge is 0.465 e. The SMILES string of the molecule is COC(=O)c1cc(-c2ccccc2)sc1NC(=O)c1cc2cc([N+](=O)[O-])ccc2oc1=N. The normalized spacial score (nSPS) is 10.7. The zero-order valence-corrected chi connectivity index (χ0v) is 17.4. The first-order valence-electron chi connectivity index (χ1n) is 9.23. The second kappa shape index (κ2) is 8.44. The third-order valence-corrected chi connectivity index (χ3v) is 5.73. The number of thiophene rings is 1. The van der Waals surface area contributed by atoms with Gasteiger partial charge in [0.2, 0.25) is 5.55 Å². The number of nitro groups is 1. The Morgan fingerprint density at radius 2 is 1.84 bits per heavy atom. The molecule has 2 heterocycles. The number of fused-ring (bicyclic) bond motifs is 1. The molecule has 0 aliphatic carbocycles. The van der Waals surface area contributed by atoms with Crippen molar-refractivity contribution in [1.82, 2.24) is 0 Å². The van der Waals surface area contributed by atoms with Crippen molar-refractivity contribution in [3.05, 3.63) is 87.5 Å². The van der Waals surface area contributed by atoms with E-state index in [1.54, 1.807) is 6.07 Å². The second-order valence-corrected chi connectivity index (χ2v) is 7.69. The Kier molecular flexibility index (Phi) is 5.52. The molecular formula is C22H15N3O6S. The number of hydrogen-bond donors (Lipinski definition) is 2. The van der Waals surface area contributed by atoms with Crippen LogP contribution in [0.5, 0.6) is 0 Å². The summed E-state index contributed by atoms with van der Waals surface area (Å²) in [7, 11) is 1.24. The van der Waals surface area contributed by atoms with E-state index in [0.717, 1.165) is 10.4 Å². The van der Waals surface area contributed by atoms with Gasteiger partial charge in [-0.2, -0.15) is 0 Å². The number of nitrogens with one attached hydrogen (secondary N) is 2. The zero-order valence-electron chi connectivity index (χ0n) is 16.6. The first-order valence-corrected chi connectivity index (χ1v) is 10.0. The van der Waals surface area contributed by atoms with Gasteiger partial charge in [0, 0.05) is 22.4 Å². The number of non-ortho nitro benzene ring substituents is 1. The van der Waals surface area contributed by atoms with E-state index in [9.17, 15) is 19.7 Å². The Hall–Kier alpha value is -4.31. The summed E-state index contributed by atoms with van der Waals surface area (Å²) in [6.45, 7) is 0. The summed E-state index contributed by atoms with van der Waals surface area (Å²) in [6, 6.07) is 16.2. The van der Waals surface area contributed by atoms with Crippen LogP contribution in [-0.2, 0) is 4.74 Å². The number of hydrogen-bond acceptors (Lipinski definition) is 8. The van der Waals surface area contributed by atoms with Gasteiger partial charge in [-0.3, -0.25) is 20.3 Å². The maximum absolute atomic E-state index is 12.9. The monoisotopic (exact) mass is 449 g/mol. The minimum absolute atomic E-state index is 0.136.